The van der Waals surface area contributed by atoms with Gasteiger partial charge in [0.1, 0.15) is 36.3 Å². The first-order chi connectivity index (χ1) is 33.7. The molecule has 0 rings (SSSR count). The van der Waals surface area contributed by atoms with E-state index in [1.165, 1.54) is 0 Å². The lowest BCUT2D eigenvalue weighted by Crippen LogP contribution is -2.59. The second-order valence-electron chi connectivity index (χ2n) is 17.1. The van der Waals surface area contributed by atoms with E-state index in [-0.39, 0.29) is 38.5 Å². The molecule has 0 spiro atoms. The smallest absolute Gasteiger partial charge is 0.480 e. The number of carboxylic acids is 2. The molecule has 0 saturated carbocycles. The molecule has 7 atom stereocenters. The molecule has 414 valence electrons. The van der Waals surface area contributed by atoms with Gasteiger partial charge in [0.05, 0.1) is 6.04 Å². The van der Waals surface area contributed by atoms with Crippen molar-refractivity contribution in [3.05, 3.63) is 0 Å². The predicted molar refractivity (Wildman–Crippen MR) is 261 cm³/mol. The van der Waals surface area contributed by atoms with Crippen LogP contribution >= 0.6 is 0 Å². The lowest BCUT2D eigenvalue weighted by Gasteiger charge is -2.28. The van der Waals surface area contributed by atoms with Gasteiger partial charge in [-0.25, -0.2) is 9.59 Å². The van der Waals surface area contributed by atoms with Crippen LogP contribution in [0.2, 0.25) is 0 Å². The average molecular weight is 1030 g/mol. The maximum atomic E-state index is 14.1. The van der Waals surface area contributed by atoms with Gasteiger partial charge in [0.15, 0.2) is 0 Å². The molecule has 0 fully saturated rings. The van der Waals surface area contributed by atoms with Gasteiger partial charge in [0.25, 0.3) is 0 Å². The van der Waals surface area contributed by atoms with E-state index in [1.54, 1.807) is 0 Å². The molecule has 0 saturated heterocycles. The van der Waals surface area contributed by atoms with Crippen LogP contribution in [0.4, 0.5) is 13.2 Å². The Morgan fingerprint density at radius 1 is 0.338 bits per heavy atom. The molecule has 0 bridgehead atoms. The molecule has 27 heteroatoms. The quantitative estimate of drug-likeness (QED) is 0.0290. The molecule has 71 heavy (non-hydrogen) atoms. The van der Waals surface area contributed by atoms with Crippen LogP contribution in [0.3, 0.4) is 0 Å². The predicted octanol–water partition coefficient (Wildman–Crippen LogP) is -2.16. The lowest BCUT2D eigenvalue weighted by molar-refractivity contribution is -0.192. The van der Waals surface area contributed by atoms with E-state index >= 15 is 0 Å². The number of amides is 6. The van der Waals surface area contributed by atoms with Gasteiger partial charge < -0.3 is 88.0 Å². The first kappa shape index (κ1) is 68.3. The fourth-order valence-corrected chi connectivity index (χ4v) is 6.84. The van der Waals surface area contributed by atoms with Crippen LogP contribution in [0.25, 0.3) is 0 Å². The number of hydrogen-bond donors (Lipinski definition) is 16. The molecule has 24 nitrogen and oxygen atoms in total. The third kappa shape index (κ3) is 33.5. The SMILES string of the molecule is NCCCC[C@H](NC(=O)[C@H](CCCCN)NC(=O)[C@H](CCCCN)NC(=O)[C@H](CCCCN)NC(=O)[C@H](CCCCN)NC(=O)[C@H](CCCCN)NC(=O)[C@@H](N)CCCCN)C(=O)O.O=C(O)C(F)(F)F. The van der Waals surface area contributed by atoms with Gasteiger partial charge in [0, 0.05) is 0 Å². The Labute approximate surface area is 415 Å². The van der Waals surface area contributed by atoms with Crippen molar-refractivity contribution in [2.75, 3.05) is 45.8 Å². The Hall–Kier alpha value is -4.77. The highest BCUT2D eigenvalue weighted by Crippen LogP contribution is 2.14. The second kappa shape index (κ2) is 41.8. The summed E-state index contributed by atoms with van der Waals surface area (Å²) >= 11 is 0. The summed E-state index contributed by atoms with van der Waals surface area (Å²) < 4.78 is 31.7. The fraction of sp³-hybridized carbons (Fsp3) is 0.818. The number of nitrogens with one attached hydrogen (secondary N) is 6. The van der Waals surface area contributed by atoms with Crippen molar-refractivity contribution in [3.8, 4) is 0 Å². The van der Waals surface area contributed by atoms with E-state index < -0.39 is 95.9 Å². The molecule has 0 aromatic carbocycles. The minimum atomic E-state index is -5.08. The largest absolute Gasteiger partial charge is 0.490 e. The summed E-state index contributed by atoms with van der Waals surface area (Å²) in [5, 5.41) is 33.2. The number of rotatable bonds is 41. The summed E-state index contributed by atoms with van der Waals surface area (Å²) in [4.78, 5) is 103. The number of nitrogens with two attached hydrogens (primary N) is 8. The molecular formula is C44H87F3N14O10. The Morgan fingerprint density at radius 3 is 0.718 bits per heavy atom. The number of halogens is 3. The molecule has 0 heterocycles. The minimum Gasteiger partial charge on any atom is -0.480 e. The van der Waals surface area contributed by atoms with Crippen LogP contribution in [-0.4, -0.2) is 152 Å². The van der Waals surface area contributed by atoms with Crippen LogP contribution in [-0.2, 0) is 38.4 Å². The Kier molecular flexibility index (Phi) is 40.2. The number of unbranched alkanes of at least 4 members (excludes halogenated alkanes) is 7. The van der Waals surface area contributed by atoms with Crippen molar-refractivity contribution in [2.24, 2.45) is 45.9 Å². The molecule has 0 aromatic heterocycles. The molecule has 0 unspecified atom stereocenters. The molecule has 0 aliphatic carbocycles. The topological polar surface area (TPSA) is 457 Å². The van der Waals surface area contributed by atoms with Crippen LogP contribution in [0.1, 0.15) is 135 Å². The number of aliphatic carboxylic acids is 2. The third-order valence-corrected chi connectivity index (χ3v) is 11.0. The van der Waals surface area contributed by atoms with Gasteiger partial charge in [-0.1, -0.05) is 6.42 Å². The van der Waals surface area contributed by atoms with E-state index in [9.17, 15) is 51.8 Å². The van der Waals surface area contributed by atoms with Crippen LogP contribution in [0.15, 0.2) is 0 Å². The molecule has 0 aromatic rings. The molecule has 24 N–H and O–H groups in total. The van der Waals surface area contributed by atoms with Gasteiger partial charge in [-0.2, -0.15) is 13.2 Å². The summed E-state index contributed by atoms with van der Waals surface area (Å²) in [5.41, 5.74) is 45.9. The number of alkyl halides is 3. The van der Waals surface area contributed by atoms with Crippen molar-refractivity contribution in [2.45, 2.75) is 183 Å². The Balaban J connectivity index is 0. The summed E-state index contributed by atoms with van der Waals surface area (Å²) in [6.07, 6.45) is 3.66. The van der Waals surface area contributed by atoms with Gasteiger partial charge in [0.2, 0.25) is 35.4 Å². The van der Waals surface area contributed by atoms with E-state index in [0.29, 0.717) is 142 Å². The van der Waals surface area contributed by atoms with Gasteiger partial charge in [-0.05, 0) is 174 Å². The zero-order chi connectivity index (χ0) is 54.2. The Morgan fingerprint density at radius 2 is 0.521 bits per heavy atom. The summed E-state index contributed by atoms with van der Waals surface area (Å²) in [5.74, 6) is -7.83. The highest BCUT2D eigenvalue weighted by atomic mass is 19.4. The molecule has 0 aliphatic rings. The van der Waals surface area contributed by atoms with Crippen LogP contribution in [0, 0.1) is 0 Å². The fourth-order valence-electron chi connectivity index (χ4n) is 6.84. The normalized spacial score (nSPS) is 14.2. The molecule has 0 aliphatic heterocycles. The minimum absolute atomic E-state index is 0.137. The Bertz CT molecular complexity index is 1540. The van der Waals surface area contributed by atoms with Crippen LogP contribution in [0.5, 0.6) is 0 Å². The number of carbonyl (C=O) groups excluding carboxylic acids is 6. The highest BCUT2D eigenvalue weighted by molar-refractivity contribution is 5.97. The summed E-state index contributed by atoms with van der Waals surface area (Å²) in [6.45, 7) is 2.51. The van der Waals surface area contributed by atoms with Gasteiger partial charge in [-0.3, -0.25) is 28.8 Å². The first-order valence-electron chi connectivity index (χ1n) is 24.7. The zero-order valence-electron chi connectivity index (χ0n) is 41.3. The van der Waals surface area contributed by atoms with Crippen molar-refractivity contribution < 1.29 is 61.7 Å². The van der Waals surface area contributed by atoms with Crippen molar-refractivity contribution >= 4 is 47.4 Å². The number of carboxylic acid groups (broad SMARTS) is 2. The number of hydrogen-bond acceptors (Lipinski definition) is 16. The van der Waals surface area contributed by atoms with Crippen molar-refractivity contribution in [1.82, 2.24) is 31.9 Å². The average Bonchev–Trinajstić information content (AvgIpc) is 3.31. The monoisotopic (exact) mass is 1030 g/mol. The van der Waals surface area contributed by atoms with E-state index in [0.717, 1.165) is 0 Å². The van der Waals surface area contributed by atoms with Gasteiger partial charge >= 0.3 is 18.1 Å². The second-order valence-corrected chi connectivity index (χ2v) is 17.1. The maximum Gasteiger partial charge on any atom is 0.490 e. The lowest BCUT2D eigenvalue weighted by atomic mass is 10.0. The first-order valence-corrected chi connectivity index (χ1v) is 24.7. The van der Waals surface area contributed by atoms with Crippen LogP contribution < -0.4 is 77.8 Å². The van der Waals surface area contributed by atoms with Gasteiger partial charge in [-0.15, -0.1) is 0 Å². The maximum absolute atomic E-state index is 14.1. The summed E-state index contributed by atoms with van der Waals surface area (Å²) in [6, 6.07) is -7.70. The van der Waals surface area contributed by atoms with E-state index in [2.05, 4.69) is 31.9 Å². The third-order valence-electron chi connectivity index (χ3n) is 11.0. The summed E-state index contributed by atoms with van der Waals surface area (Å²) in [7, 11) is 0. The van der Waals surface area contributed by atoms with E-state index in [4.69, 9.17) is 55.8 Å². The van der Waals surface area contributed by atoms with E-state index in [1.807, 2.05) is 0 Å². The number of carbonyl (C=O) groups is 8. The standard InChI is InChI=1S/C42H86N14O8.C2HF3O2/c43-22-8-1-15-29(50)36(57)51-30(16-2-9-23-44)37(58)52-31(17-3-10-24-45)38(59)53-32(18-4-11-25-46)39(60)54-33(19-5-12-26-47)40(61)55-34(20-6-13-27-48)41(62)56-35(42(63)64)21-7-14-28-49;3-2(4,5)1(6)7/h29-35H,1-28,43-50H2,(H,51,57)(H,52,58)(H,53,59)(H,54,60)(H,55,61)(H,56,62)(H,63,64);(H,6,7)/t29-,30-,31-,32-,33-,34-,35-;/m0./s1. The highest BCUT2D eigenvalue weighted by Gasteiger charge is 2.38. The van der Waals surface area contributed by atoms with Crippen molar-refractivity contribution in [3.63, 3.8) is 0 Å². The molecule has 0 radical (unpaired) electrons. The zero-order valence-corrected chi connectivity index (χ0v) is 41.3. The molecule has 6 amide bonds. The molecular weight excluding hydrogens is 942 g/mol. The van der Waals surface area contributed by atoms with Crippen molar-refractivity contribution in [1.29, 1.82) is 0 Å².